The number of nitriles is 1. The first-order chi connectivity index (χ1) is 25.7. The lowest BCUT2D eigenvalue weighted by molar-refractivity contribution is -0.0399. The highest BCUT2D eigenvalue weighted by molar-refractivity contribution is 5.92. The zero-order valence-corrected chi connectivity index (χ0v) is 28.8. The van der Waals surface area contributed by atoms with E-state index in [9.17, 15) is 5.26 Å². The molecular weight excluding hydrogens is 633 g/mol. The molecule has 4 bridgehead atoms. The van der Waals surface area contributed by atoms with Crippen molar-refractivity contribution in [1.29, 1.82) is 5.26 Å². The average Bonchev–Trinajstić information content (AvgIpc) is 3.50. The molecule has 0 amide bonds. The molecule has 0 radical (unpaired) electrons. The molecule has 0 unspecified atom stereocenters. The van der Waals surface area contributed by atoms with Gasteiger partial charge in [0.1, 0.15) is 0 Å². The van der Waals surface area contributed by atoms with Gasteiger partial charge >= 0.3 is 0 Å². The third-order valence-electron chi connectivity index (χ3n) is 12.9. The second-order valence-corrected chi connectivity index (χ2v) is 15.6. The molecule has 1 aromatic heterocycles. The van der Waals surface area contributed by atoms with Crippen molar-refractivity contribution in [3.63, 3.8) is 0 Å². The molecule has 0 N–H and O–H groups in total. The van der Waals surface area contributed by atoms with Crippen molar-refractivity contribution in [2.24, 2.45) is 23.7 Å². The van der Waals surface area contributed by atoms with Crippen molar-refractivity contribution in [2.45, 2.75) is 37.5 Å². The van der Waals surface area contributed by atoms with Crippen LogP contribution in [0.5, 0.6) is 0 Å². The molecule has 52 heavy (non-hydrogen) atoms. The summed E-state index contributed by atoms with van der Waals surface area (Å²) in [6.07, 6.45) is 6.70. The van der Waals surface area contributed by atoms with Crippen LogP contribution in [-0.4, -0.2) is 15.0 Å². The summed E-state index contributed by atoms with van der Waals surface area (Å²) in [4.78, 5) is 14.9. The minimum atomic E-state index is 0.0105. The van der Waals surface area contributed by atoms with Gasteiger partial charge in [-0.1, -0.05) is 109 Å². The maximum absolute atomic E-state index is 10.3. The fourth-order valence-electron chi connectivity index (χ4n) is 11.0. The van der Waals surface area contributed by atoms with Crippen LogP contribution >= 0.6 is 0 Å². The Kier molecular flexibility index (Phi) is 6.47. The van der Waals surface area contributed by atoms with Crippen LogP contribution in [0.1, 0.15) is 48.8 Å². The predicted octanol–water partition coefficient (Wildman–Crippen LogP) is 11.3. The number of benzene rings is 6. The Morgan fingerprint density at radius 3 is 1.67 bits per heavy atom. The molecule has 1 heterocycles. The first-order valence-electron chi connectivity index (χ1n) is 18.8. The Balaban J connectivity index is 1.04. The summed E-state index contributed by atoms with van der Waals surface area (Å²) in [6.45, 7) is 0. The van der Waals surface area contributed by atoms with Crippen molar-refractivity contribution >= 4 is 10.8 Å². The molecule has 5 aliphatic rings. The Morgan fingerprint density at radius 1 is 0.481 bits per heavy atom. The van der Waals surface area contributed by atoms with Gasteiger partial charge in [0.15, 0.2) is 17.5 Å². The Hall–Kier alpha value is -5.92. The van der Waals surface area contributed by atoms with Crippen LogP contribution in [-0.2, 0) is 5.41 Å². The largest absolute Gasteiger partial charge is 0.208 e. The van der Waals surface area contributed by atoms with E-state index in [1.807, 2.05) is 66.7 Å². The van der Waals surface area contributed by atoms with E-state index in [-0.39, 0.29) is 5.41 Å². The van der Waals surface area contributed by atoms with Crippen LogP contribution in [0.4, 0.5) is 0 Å². The second kappa shape index (κ2) is 11.3. The van der Waals surface area contributed by atoms with Gasteiger partial charge in [0.2, 0.25) is 0 Å². The molecule has 0 aliphatic heterocycles. The molecule has 7 aromatic rings. The van der Waals surface area contributed by atoms with E-state index in [1.54, 1.807) is 0 Å². The minimum absolute atomic E-state index is 0.0105. The summed E-state index contributed by atoms with van der Waals surface area (Å²) in [7, 11) is 0. The zero-order valence-electron chi connectivity index (χ0n) is 28.8. The van der Waals surface area contributed by atoms with Gasteiger partial charge in [-0.15, -0.1) is 0 Å². The van der Waals surface area contributed by atoms with E-state index < -0.39 is 0 Å². The maximum atomic E-state index is 10.3. The molecule has 0 atom stereocenters. The molecule has 6 aromatic carbocycles. The lowest BCUT2D eigenvalue weighted by Crippen LogP contribution is -2.55. The molecule has 4 heteroatoms. The number of hydrogen-bond acceptors (Lipinski definition) is 4. The van der Waals surface area contributed by atoms with E-state index in [1.165, 1.54) is 70.9 Å². The Bertz CT molecular complexity index is 2520. The Morgan fingerprint density at radius 2 is 1.04 bits per heavy atom. The monoisotopic (exact) mass is 668 g/mol. The van der Waals surface area contributed by atoms with Crippen LogP contribution in [0.25, 0.3) is 67.2 Å². The summed E-state index contributed by atoms with van der Waals surface area (Å²) in [5.41, 5.74) is 11.5. The van der Waals surface area contributed by atoms with Crippen LogP contribution in [0.2, 0.25) is 0 Å². The topological polar surface area (TPSA) is 62.5 Å². The maximum Gasteiger partial charge on any atom is 0.164 e. The molecule has 248 valence electrons. The number of hydrogen-bond donors (Lipinski definition) is 0. The lowest BCUT2D eigenvalue weighted by Gasteiger charge is -2.61. The summed E-state index contributed by atoms with van der Waals surface area (Å²) < 4.78 is 0. The fourth-order valence-corrected chi connectivity index (χ4v) is 11.0. The zero-order chi connectivity index (χ0) is 34.4. The summed E-state index contributed by atoms with van der Waals surface area (Å²) in [5, 5.41) is 12.6. The highest BCUT2D eigenvalue weighted by Gasteiger charge is 2.61. The number of aromatic nitrogens is 3. The normalized spacial score (nSPS) is 23.4. The summed E-state index contributed by atoms with van der Waals surface area (Å²) >= 11 is 0. The second-order valence-electron chi connectivity index (χ2n) is 15.6. The van der Waals surface area contributed by atoms with Gasteiger partial charge in [-0.25, -0.2) is 15.0 Å². The van der Waals surface area contributed by atoms with Gasteiger partial charge in [0.05, 0.1) is 11.6 Å². The van der Waals surface area contributed by atoms with Crippen molar-refractivity contribution < 1.29 is 0 Å². The third kappa shape index (κ3) is 4.35. The van der Waals surface area contributed by atoms with Gasteiger partial charge in [-0.2, -0.15) is 5.26 Å². The van der Waals surface area contributed by atoms with E-state index in [4.69, 9.17) is 15.0 Å². The highest BCUT2D eigenvalue weighted by Crippen LogP contribution is 2.69. The molecule has 4 fully saturated rings. The first-order valence-corrected chi connectivity index (χ1v) is 18.8. The first kappa shape index (κ1) is 29.8. The number of fused-ring (bicyclic) bond motifs is 4. The number of nitrogens with zero attached hydrogens (tertiary/aromatic N) is 4. The van der Waals surface area contributed by atoms with Crippen LogP contribution in [0, 0.1) is 35.0 Å². The molecule has 5 aliphatic carbocycles. The van der Waals surface area contributed by atoms with Crippen molar-refractivity contribution in [2.75, 3.05) is 0 Å². The van der Waals surface area contributed by atoms with E-state index in [0.29, 0.717) is 29.3 Å². The van der Waals surface area contributed by atoms with Crippen LogP contribution < -0.4 is 0 Å². The van der Waals surface area contributed by atoms with Crippen LogP contribution in [0.3, 0.4) is 0 Å². The van der Waals surface area contributed by atoms with Gasteiger partial charge in [-0.05, 0) is 119 Å². The molecule has 12 rings (SSSR count). The molecule has 0 saturated heterocycles. The standard InChI is InChI=1S/C48H36N4/c49-28-37-12-7-13-42-44(37)41-19-18-35(27-43(41)48(42)39-21-29-20-30(23-39)24-40(48)22-29)34-16-14-31-15-17-36(26-38(31)25-34)47-51-45(32-8-3-1-4-9-32)50-46(52-47)33-10-5-2-6-11-33/h1-19,25-27,29-30,39-40H,20-24H2. The Labute approximate surface area is 303 Å². The molecular formula is C48H36N4. The average molecular weight is 669 g/mol. The van der Waals surface area contributed by atoms with Crippen molar-refractivity contribution in [3.05, 3.63) is 150 Å². The van der Waals surface area contributed by atoms with Gasteiger partial charge in [0.25, 0.3) is 0 Å². The van der Waals surface area contributed by atoms with Gasteiger partial charge in [-0.3, -0.25) is 0 Å². The van der Waals surface area contributed by atoms with E-state index in [2.05, 4.69) is 72.8 Å². The highest BCUT2D eigenvalue weighted by atomic mass is 15.0. The molecule has 1 spiro atoms. The summed E-state index contributed by atoms with van der Waals surface area (Å²) in [6, 6.07) is 49.8. The SMILES string of the molecule is N#Cc1cccc2c1-c1ccc(-c3ccc4ccc(-c5nc(-c6ccccc6)nc(-c6ccccc6)n5)cc4c3)cc1C21C2CC3CC(C2)CC1C3. The predicted molar refractivity (Wildman–Crippen MR) is 207 cm³/mol. The quantitative estimate of drug-likeness (QED) is 0.187. The smallest absolute Gasteiger partial charge is 0.164 e. The van der Waals surface area contributed by atoms with Crippen LogP contribution in [0.15, 0.2) is 133 Å². The van der Waals surface area contributed by atoms with E-state index >= 15 is 0 Å². The number of rotatable bonds is 4. The fraction of sp³-hybridized carbons (Fsp3) is 0.208. The van der Waals surface area contributed by atoms with E-state index in [0.717, 1.165) is 39.5 Å². The third-order valence-corrected chi connectivity index (χ3v) is 12.9. The van der Waals surface area contributed by atoms with Crippen molar-refractivity contribution in [3.8, 4) is 62.5 Å². The minimum Gasteiger partial charge on any atom is -0.208 e. The molecule has 4 saturated carbocycles. The summed E-state index contributed by atoms with van der Waals surface area (Å²) in [5.74, 6) is 5.02. The van der Waals surface area contributed by atoms with Crippen molar-refractivity contribution in [1.82, 2.24) is 15.0 Å². The van der Waals surface area contributed by atoms with Gasteiger partial charge < -0.3 is 0 Å². The van der Waals surface area contributed by atoms with Gasteiger partial charge in [0, 0.05) is 27.7 Å². The molecule has 4 nitrogen and oxygen atoms in total. The lowest BCUT2D eigenvalue weighted by atomic mass is 9.43.